The average molecular weight is 293 g/mol. The number of likely N-dealkylation sites (N-methyl/N-ethyl adjacent to an activating group) is 1. The molecular formula is C16H27N3O2. The van der Waals surface area contributed by atoms with E-state index in [0.29, 0.717) is 24.9 Å². The van der Waals surface area contributed by atoms with E-state index in [4.69, 9.17) is 10.5 Å². The van der Waals surface area contributed by atoms with E-state index in [1.54, 1.807) is 12.1 Å². The molecule has 2 atom stereocenters. The van der Waals surface area contributed by atoms with Crippen LogP contribution in [0, 0.1) is 0 Å². The van der Waals surface area contributed by atoms with Crippen molar-refractivity contribution in [3.8, 4) is 5.75 Å². The molecule has 5 nitrogen and oxygen atoms in total. The van der Waals surface area contributed by atoms with Crippen LogP contribution in [0.15, 0.2) is 24.3 Å². The molecule has 0 aromatic heterocycles. The molecule has 0 radical (unpaired) electrons. The summed E-state index contributed by atoms with van der Waals surface area (Å²) in [6.07, 6.45) is 1.96. The van der Waals surface area contributed by atoms with Crippen LogP contribution >= 0.6 is 0 Å². The van der Waals surface area contributed by atoms with E-state index in [2.05, 4.69) is 23.9 Å². The lowest BCUT2D eigenvalue weighted by atomic mass is 10.0. The molecule has 2 unspecified atom stereocenters. The van der Waals surface area contributed by atoms with Crippen LogP contribution in [0.2, 0.25) is 0 Å². The van der Waals surface area contributed by atoms with Gasteiger partial charge in [0.2, 0.25) is 0 Å². The van der Waals surface area contributed by atoms with E-state index in [9.17, 15) is 5.11 Å². The van der Waals surface area contributed by atoms with Crippen molar-refractivity contribution in [2.75, 3.05) is 46.1 Å². The molecule has 3 N–H and O–H groups in total. The molecule has 1 aliphatic rings. The van der Waals surface area contributed by atoms with Crippen LogP contribution < -0.4 is 10.5 Å². The fourth-order valence-corrected chi connectivity index (χ4v) is 2.73. The van der Waals surface area contributed by atoms with Crippen molar-refractivity contribution in [1.82, 2.24) is 9.80 Å². The number of β-amino-alcohol motifs (C(OH)–C–C–N with tert-alkyl or cyclic N) is 1. The van der Waals surface area contributed by atoms with Crippen molar-refractivity contribution >= 4 is 5.69 Å². The van der Waals surface area contributed by atoms with Crippen molar-refractivity contribution < 1.29 is 9.84 Å². The number of hydrogen-bond acceptors (Lipinski definition) is 5. The third-order valence-corrected chi connectivity index (χ3v) is 4.00. The molecule has 0 amide bonds. The fourth-order valence-electron chi connectivity index (χ4n) is 2.73. The molecule has 1 aromatic rings. The Balaban J connectivity index is 1.73. The van der Waals surface area contributed by atoms with Gasteiger partial charge in [0.1, 0.15) is 18.5 Å². The van der Waals surface area contributed by atoms with E-state index in [0.717, 1.165) is 18.8 Å². The normalized spacial score (nSPS) is 21.4. The second-order valence-electron chi connectivity index (χ2n) is 6.05. The van der Waals surface area contributed by atoms with Gasteiger partial charge in [-0.1, -0.05) is 0 Å². The maximum Gasteiger partial charge on any atom is 0.119 e. The Morgan fingerprint density at radius 1 is 1.38 bits per heavy atom. The molecule has 5 heteroatoms. The van der Waals surface area contributed by atoms with Crippen LogP contribution in [0.5, 0.6) is 5.75 Å². The second-order valence-corrected chi connectivity index (χ2v) is 6.05. The van der Waals surface area contributed by atoms with Gasteiger partial charge < -0.3 is 20.5 Å². The van der Waals surface area contributed by atoms with Gasteiger partial charge in [-0.05, 0) is 57.7 Å². The summed E-state index contributed by atoms with van der Waals surface area (Å²) in [7, 11) is 4.24. The minimum atomic E-state index is -0.469. The molecule has 0 spiro atoms. The first-order valence-electron chi connectivity index (χ1n) is 7.60. The number of ether oxygens (including phenoxy) is 1. The Labute approximate surface area is 127 Å². The number of benzene rings is 1. The standard InChI is InChI=1S/C16H27N3O2/c1-18(2)14-4-3-9-19(10-14)11-15(20)12-21-16-7-5-13(17)6-8-16/h5-8,14-15,20H,3-4,9-12,17H2,1-2H3. The van der Waals surface area contributed by atoms with E-state index >= 15 is 0 Å². The van der Waals surface area contributed by atoms with Gasteiger partial charge in [-0.2, -0.15) is 0 Å². The van der Waals surface area contributed by atoms with Crippen LogP contribution in [-0.4, -0.2) is 67.4 Å². The molecule has 118 valence electrons. The number of aliphatic hydroxyl groups is 1. The second kappa shape index (κ2) is 7.64. The largest absolute Gasteiger partial charge is 0.491 e. The van der Waals surface area contributed by atoms with E-state index in [-0.39, 0.29) is 0 Å². The summed E-state index contributed by atoms with van der Waals surface area (Å²) < 4.78 is 5.60. The van der Waals surface area contributed by atoms with Gasteiger partial charge in [0.15, 0.2) is 0 Å². The number of nitrogen functional groups attached to an aromatic ring is 1. The fraction of sp³-hybridized carbons (Fsp3) is 0.625. The molecule has 1 aromatic carbocycles. The molecule has 0 bridgehead atoms. The summed E-state index contributed by atoms with van der Waals surface area (Å²) in [6.45, 7) is 3.06. The lowest BCUT2D eigenvalue weighted by Crippen LogP contribution is -2.48. The zero-order valence-corrected chi connectivity index (χ0v) is 13.0. The maximum atomic E-state index is 10.1. The third-order valence-electron chi connectivity index (χ3n) is 4.00. The molecular weight excluding hydrogens is 266 g/mol. The summed E-state index contributed by atoms with van der Waals surface area (Å²) in [6, 6.07) is 7.84. The van der Waals surface area contributed by atoms with E-state index in [1.165, 1.54) is 12.8 Å². The van der Waals surface area contributed by atoms with Crippen LogP contribution in [0.3, 0.4) is 0 Å². The molecule has 2 rings (SSSR count). The molecule has 1 saturated heterocycles. The molecule has 1 heterocycles. The van der Waals surface area contributed by atoms with Crippen molar-refractivity contribution in [3.63, 3.8) is 0 Å². The number of anilines is 1. The van der Waals surface area contributed by atoms with E-state index in [1.807, 2.05) is 12.1 Å². The van der Waals surface area contributed by atoms with Gasteiger partial charge >= 0.3 is 0 Å². The predicted octanol–water partition coefficient (Wildman–Crippen LogP) is 1.03. The molecule has 0 saturated carbocycles. The topological polar surface area (TPSA) is 62.0 Å². The smallest absolute Gasteiger partial charge is 0.119 e. The summed E-state index contributed by atoms with van der Waals surface area (Å²) in [4.78, 5) is 4.59. The van der Waals surface area contributed by atoms with Gasteiger partial charge in [-0.25, -0.2) is 0 Å². The highest BCUT2D eigenvalue weighted by Crippen LogP contribution is 2.15. The third kappa shape index (κ3) is 5.19. The number of likely N-dealkylation sites (tertiary alicyclic amines) is 1. The number of nitrogens with zero attached hydrogens (tertiary/aromatic N) is 2. The Morgan fingerprint density at radius 2 is 2.10 bits per heavy atom. The summed E-state index contributed by atoms with van der Waals surface area (Å²) >= 11 is 0. The van der Waals surface area contributed by atoms with Gasteiger partial charge in [-0.3, -0.25) is 4.90 Å². The van der Waals surface area contributed by atoms with Crippen molar-refractivity contribution in [2.24, 2.45) is 0 Å². The first kappa shape index (κ1) is 16.1. The highest BCUT2D eigenvalue weighted by atomic mass is 16.5. The molecule has 1 aliphatic heterocycles. The number of hydrogen-bond donors (Lipinski definition) is 2. The quantitative estimate of drug-likeness (QED) is 0.767. The van der Waals surface area contributed by atoms with Gasteiger partial charge in [0, 0.05) is 24.8 Å². The van der Waals surface area contributed by atoms with Crippen LogP contribution in [0.25, 0.3) is 0 Å². The number of aliphatic hydroxyl groups excluding tert-OH is 1. The first-order valence-corrected chi connectivity index (χ1v) is 7.60. The number of piperidine rings is 1. The van der Waals surface area contributed by atoms with Gasteiger partial charge in [0.25, 0.3) is 0 Å². The predicted molar refractivity (Wildman–Crippen MR) is 85.5 cm³/mol. The Morgan fingerprint density at radius 3 is 2.76 bits per heavy atom. The van der Waals surface area contributed by atoms with Gasteiger partial charge in [0.05, 0.1) is 0 Å². The monoisotopic (exact) mass is 293 g/mol. The maximum absolute atomic E-state index is 10.1. The van der Waals surface area contributed by atoms with Crippen LogP contribution in [0.1, 0.15) is 12.8 Å². The van der Waals surface area contributed by atoms with E-state index < -0.39 is 6.10 Å². The highest BCUT2D eigenvalue weighted by Gasteiger charge is 2.23. The minimum Gasteiger partial charge on any atom is -0.491 e. The molecule has 0 aliphatic carbocycles. The number of nitrogens with two attached hydrogens (primary N) is 1. The zero-order chi connectivity index (χ0) is 15.2. The molecule has 21 heavy (non-hydrogen) atoms. The lowest BCUT2D eigenvalue weighted by molar-refractivity contribution is 0.0456. The average Bonchev–Trinajstić information content (AvgIpc) is 2.47. The summed E-state index contributed by atoms with van der Waals surface area (Å²) in [5.41, 5.74) is 6.34. The number of rotatable bonds is 6. The van der Waals surface area contributed by atoms with Crippen LogP contribution in [-0.2, 0) is 0 Å². The van der Waals surface area contributed by atoms with Gasteiger partial charge in [-0.15, -0.1) is 0 Å². The molecule has 1 fully saturated rings. The first-order chi connectivity index (χ1) is 10.0. The zero-order valence-electron chi connectivity index (χ0n) is 13.0. The van der Waals surface area contributed by atoms with Crippen molar-refractivity contribution in [1.29, 1.82) is 0 Å². The van der Waals surface area contributed by atoms with Crippen molar-refractivity contribution in [2.45, 2.75) is 25.0 Å². The Hall–Kier alpha value is -1.30. The minimum absolute atomic E-state index is 0.313. The lowest BCUT2D eigenvalue weighted by Gasteiger charge is -2.36. The highest BCUT2D eigenvalue weighted by molar-refractivity contribution is 5.41. The summed E-state index contributed by atoms with van der Waals surface area (Å²) in [5.74, 6) is 0.744. The van der Waals surface area contributed by atoms with Crippen LogP contribution in [0.4, 0.5) is 5.69 Å². The summed E-state index contributed by atoms with van der Waals surface area (Å²) in [5, 5.41) is 10.1. The Kier molecular flexibility index (Phi) is 5.85. The SMILES string of the molecule is CN(C)C1CCCN(CC(O)COc2ccc(N)cc2)C1. The van der Waals surface area contributed by atoms with Crippen molar-refractivity contribution in [3.05, 3.63) is 24.3 Å². The Bertz CT molecular complexity index is 422.